The number of fused-ring (bicyclic) bond motifs is 1. The Hall–Kier alpha value is -2.87. The Morgan fingerprint density at radius 1 is 1.33 bits per heavy atom. The zero-order valence-corrected chi connectivity index (χ0v) is 19.6. The van der Waals surface area contributed by atoms with Crippen LogP contribution in [0.15, 0.2) is 49.8 Å². The summed E-state index contributed by atoms with van der Waals surface area (Å²) in [6.07, 6.45) is 3.10. The number of hydrogen-bond acceptors (Lipinski definition) is 10. The van der Waals surface area contributed by atoms with Crippen molar-refractivity contribution in [1.29, 1.82) is 0 Å². The lowest BCUT2D eigenvalue weighted by atomic mass is 9.85. The molecule has 5 N–H and O–H groups in total. The Morgan fingerprint density at radius 2 is 2.15 bits per heavy atom. The summed E-state index contributed by atoms with van der Waals surface area (Å²) >= 11 is 2.19. The van der Waals surface area contributed by atoms with Crippen molar-refractivity contribution >= 4 is 50.7 Å². The third-order valence-electron chi connectivity index (χ3n) is 5.68. The second kappa shape index (κ2) is 8.48. The van der Waals surface area contributed by atoms with Crippen molar-refractivity contribution < 1.29 is 13.5 Å². The van der Waals surface area contributed by atoms with Gasteiger partial charge in [0.2, 0.25) is 0 Å². The summed E-state index contributed by atoms with van der Waals surface area (Å²) in [5, 5.41) is 25.6. The molecule has 1 fully saturated rings. The van der Waals surface area contributed by atoms with Gasteiger partial charge in [-0.1, -0.05) is 12.5 Å². The standard InChI is InChI=1S/C20H20N6O4S3/c21-32-24-12-6-7-13-15(9-12)33(29,30)25-19(22-13)16-18(27)17(14-5-2-8-31-14)23-26(20(16)28)10-11-3-1-4-11/h2,5-9,11,24,27H,1,3-4,10,21H2,(H,22,25). The van der Waals surface area contributed by atoms with Crippen LogP contribution in [0.4, 0.5) is 11.4 Å². The Kier molecular flexibility index (Phi) is 5.64. The second-order valence-corrected chi connectivity index (χ2v) is 10.8. The number of nitrogens with one attached hydrogen (secondary N) is 2. The van der Waals surface area contributed by atoms with E-state index in [2.05, 4.69) is 19.5 Å². The minimum Gasteiger partial charge on any atom is -0.505 e. The van der Waals surface area contributed by atoms with E-state index in [9.17, 15) is 18.3 Å². The number of rotatable bonds is 6. The SMILES string of the molecule is NSNc1ccc2c(c1)S(=O)(=O)N=C(c1c(O)c(-c3cccs3)nn(CC3CCC3)c1=O)N2. The molecule has 2 aromatic heterocycles. The highest BCUT2D eigenvalue weighted by molar-refractivity contribution is 7.98. The molecule has 2 aliphatic rings. The molecule has 0 amide bonds. The molecule has 1 saturated carbocycles. The Bertz CT molecular complexity index is 1410. The van der Waals surface area contributed by atoms with E-state index in [1.807, 2.05) is 11.4 Å². The Labute approximate surface area is 197 Å². The van der Waals surface area contributed by atoms with Gasteiger partial charge in [-0.2, -0.15) is 13.5 Å². The summed E-state index contributed by atoms with van der Waals surface area (Å²) in [5.74, 6) is -0.322. The molecule has 10 nitrogen and oxygen atoms in total. The molecule has 33 heavy (non-hydrogen) atoms. The molecule has 0 radical (unpaired) electrons. The van der Waals surface area contributed by atoms with Crippen LogP contribution in [0.1, 0.15) is 24.8 Å². The molecule has 5 rings (SSSR count). The lowest BCUT2D eigenvalue weighted by Gasteiger charge is -2.26. The van der Waals surface area contributed by atoms with Crippen molar-refractivity contribution in [2.45, 2.75) is 30.7 Å². The quantitative estimate of drug-likeness (QED) is 0.371. The van der Waals surface area contributed by atoms with Gasteiger partial charge in [-0.25, -0.2) is 4.68 Å². The molecule has 1 aromatic carbocycles. The smallest absolute Gasteiger partial charge is 0.286 e. The van der Waals surface area contributed by atoms with Crippen LogP contribution >= 0.6 is 23.5 Å². The lowest BCUT2D eigenvalue weighted by Crippen LogP contribution is -2.36. The third-order valence-corrected chi connectivity index (χ3v) is 8.22. The van der Waals surface area contributed by atoms with E-state index in [1.54, 1.807) is 18.2 Å². The lowest BCUT2D eigenvalue weighted by molar-refractivity contribution is 0.261. The maximum Gasteiger partial charge on any atom is 0.286 e. The third kappa shape index (κ3) is 4.01. The molecule has 0 saturated heterocycles. The van der Waals surface area contributed by atoms with Crippen molar-refractivity contribution in [1.82, 2.24) is 9.78 Å². The largest absolute Gasteiger partial charge is 0.505 e. The summed E-state index contributed by atoms with van der Waals surface area (Å²) in [6, 6.07) is 8.18. The molecular formula is C20H20N6O4S3. The topological polar surface area (TPSA) is 152 Å². The first kappa shape index (κ1) is 21.9. The van der Waals surface area contributed by atoms with Crippen LogP contribution < -0.4 is 20.7 Å². The number of aromatic hydroxyl groups is 1. The van der Waals surface area contributed by atoms with Gasteiger partial charge in [0.1, 0.15) is 16.2 Å². The van der Waals surface area contributed by atoms with Crippen molar-refractivity contribution in [2.75, 3.05) is 10.0 Å². The molecule has 0 unspecified atom stereocenters. The molecule has 1 aliphatic carbocycles. The van der Waals surface area contributed by atoms with Gasteiger partial charge in [0.15, 0.2) is 11.6 Å². The first-order valence-electron chi connectivity index (χ1n) is 10.1. The molecule has 3 aromatic rings. The highest BCUT2D eigenvalue weighted by Gasteiger charge is 2.31. The van der Waals surface area contributed by atoms with Gasteiger partial charge in [-0.05, 0) is 48.4 Å². The predicted molar refractivity (Wildman–Crippen MR) is 130 cm³/mol. The molecule has 13 heteroatoms. The van der Waals surface area contributed by atoms with Gasteiger partial charge in [-0.15, -0.1) is 15.7 Å². The van der Waals surface area contributed by atoms with Gasteiger partial charge in [0, 0.05) is 24.4 Å². The summed E-state index contributed by atoms with van der Waals surface area (Å²) in [4.78, 5) is 13.9. The van der Waals surface area contributed by atoms with E-state index in [4.69, 9.17) is 5.14 Å². The second-order valence-electron chi connectivity index (χ2n) is 7.80. The predicted octanol–water partition coefficient (Wildman–Crippen LogP) is 2.97. The van der Waals surface area contributed by atoms with Gasteiger partial charge >= 0.3 is 0 Å². The number of thiophene rings is 1. The number of sulfonamides is 1. The van der Waals surface area contributed by atoms with E-state index in [-0.39, 0.29) is 27.7 Å². The minimum atomic E-state index is -4.15. The van der Waals surface area contributed by atoms with E-state index < -0.39 is 21.3 Å². The number of nitrogens with zero attached hydrogens (tertiary/aromatic N) is 3. The number of nitrogens with two attached hydrogens (primary N) is 1. The number of hydrogen-bond donors (Lipinski definition) is 4. The molecule has 0 bridgehead atoms. The zero-order valence-electron chi connectivity index (χ0n) is 17.2. The fraction of sp³-hybridized carbons (Fsp3) is 0.250. The van der Waals surface area contributed by atoms with Crippen LogP contribution in [-0.2, 0) is 16.6 Å². The maximum absolute atomic E-state index is 13.4. The Morgan fingerprint density at radius 3 is 2.82 bits per heavy atom. The molecule has 3 heterocycles. The maximum atomic E-state index is 13.4. The first-order valence-corrected chi connectivity index (χ1v) is 13.3. The average molecular weight is 505 g/mol. The first-order chi connectivity index (χ1) is 15.9. The zero-order chi connectivity index (χ0) is 23.2. The van der Waals surface area contributed by atoms with Crippen molar-refractivity contribution in [3.63, 3.8) is 0 Å². The highest BCUT2D eigenvalue weighted by atomic mass is 32.2. The van der Waals surface area contributed by atoms with Crippen LogP contribution in [0.5, 0.6) is 5.75 Å². The van der Waals surface area contributed by atoms with Crippen molar-refractivity contribution in [3.8, 4) is 16.3 Å². The van der Waals surface area contributed by atoms with Crippen molar-refractivity contribution in [3.05, 3.63) is 51.6 Å². The van der Waals surface area contributed by atoms with Crippen LogP contribution in [0.25, 0.3) is 10.6 Å². The summed E-state index contributed by atoms with van der Waals surface area (Å²) < 4.78 is 33.9. The number of aromatic nitrogens is 2. The van der Waals surface area contributed by atoms with E-state index in [0.717, 1.165) is 31.4 Å². The van der Waals surface area contributed by atoms with Gasteiger partial charge in [0.05, 0.1) is 10.6 Å². The van der Waals surface area contributed by atoms with Gasteiger partial charge < -0.3 is 15.1 Å². The fourth-order valence-corrected chi connectivity index (χ4v) is 5.92. The van der Waals surface area contributed by atoms with Crippen molar-refractivity contribution in [2.24, 2.45) is 15.5 Å². The van der Waals surface area contributed by atoms with E-state index in [0.29, 0.717) is 23.0 Å². The average Bonchev–Trinajstić information content (AvgIpc) is 3.27. The molecule has 172 valence electrons. The molecule has 0 atom stereocenters. The molecule has 1 aliphatic heterocycles. The monoisotopic (exact) mass is 504 g/mol. The number of amidine groups is 1. The summed E-state index contributed by atoms with van der Waals surface area (Å²) in [6.45, 7) is 0.396. The number of benzene rings is 1. The summed E-state index contributed by atoms with van der Waals surface area (Å²) in [5.41, 5.74) is 0.126. The number of anilines is 2. The van der Waals surface area contributed by atoms with E-state index >= 15 is 0 Å². The van der Waals surface area contributed by atoms with Crippen LogP contribution in [-0.4, -0.2) is 29.1 Å². The van der Waals surface area contributed by atoms with Gasteiger partial charge in [-0.3, -0.25) is 9.93 Å². The fourth-order valence-electron chi connectivity index (χ4n) is 3.80. The minimum absolute atomic E-state index is 0.0629. The molecular weight excluding hydrogens is 484 g/mol. The van der Waals surface area contributed by atoms with Crippen LogP contribution in [0.3, 0.4) is 0 Å². The molecule has 0 spiro atoms. The van der Waals surface area contributed by atoms with Gasteiger partial charge in [0.25, 0.3) is 15.6 Å². The Balaban J connectivity index is 1.66. The normalized spacial score (nSPS) is 16.9. The highest BCUT2D eigenvalue weighted by Crippen LogP contribution is 2.36. The van der Waals surface area contributed by atoms with E-state index in [1.165, 1.54) is 22.1 Å². The summed E-state index contributed by atoms with van der Waals surface area (Å²) in [7, 11) is -4.15. The van der Waals surface area contributed by atoms with Crippen LogP contribution in [0.2, 0.25) is 0 Å². The van der Waals surface area contributed by atoms with Crippen LogP contribution in [0, 0.1) is 5.92 Å².